The molecule has 0 radical (unpaired) electrons. The van der Waals surface area contributed by atoms with Gasteiger partial charge in [-0.3, -0.25) is 0 Å². The average Bonchev–Trinajstić information content (AvgIpc) is 2.90. The van der Waals surface area contributed by atoms with Crippen LogP contribution in [0.4, 0.5) is 13.2 Å². The number of hydrogen-bond donors (Lipinski definition) is 2. The first kappa shape index (κ1) is 19.6. The first-order valence-electron chi connectivity index (χ1n) is 8.48. The zero-order chi connectivity index (χ0) is 20.5. The molecule has 1 heterocycles. The number of alkyl halides is 3. The number of nitrogens with one attached hydrogen (secondary N) is 1. The summed E-state index contributed by atoms with van der Waals surface area (Å²) in [6.07, 6.45) is -5.45. The molecular formula is C20H18F3NO4. The summed E-state index contributed by atoms with van der Waals surface area (Å²) >= 11 is 0. The number of ether oxygens (including phenoxy) is 2. The van der Waals surface area contributed by atoms with E-state index in [0.29, 0.717) is 23.1 Å². The van der Waals surface area contributed by atoms with Gasteiger partial charge in [0.1, 0.15) is 11.5 Å². The molecule has 0 amide bonds. The Morgan fingerprint density at radius 3 is 2.61 bits per heavy atom. The van der Waals surface area contributed by atoms with Gasteiger partial charge in [0.05, 0.1) is 0 Å². The molecule has 5 nitrogen and oxygen atoms in total. The highest BCUT2D eigenvalue weighted by Crippen LogP contribution is 2.32. The van der Waals surface area contributed by atoms with Crippen molar-refractivity contribution in [1.29, 1.82) is 0 Å². The number of H-pyrrole nitrogens is 1. The molecule has 1 aromatic heterocycles. The van der Waals surface area contributed by atoms with E-state index in [0.717, 1.165) is 16.8 Å². The number of rotatable bonds is 6. The minimum absolute atomic E-state index is 0.302. The van der Waals surface area contributed by atoms with Gasteiger partial charge in [-0.15, -0.1) is 13.2 Å². The molecule has 0 aliphatic heterocycles. The first-order chi connectivity index (χ1) is 13.1. The zero-order valence-electron chi connectivity index (χ0n) is 15.1. The van der Waals surface area contributed by atoms with E-state index in [2.05, 4.69) is 9.72 Å². The summed E-state index contributed by atoms with van der Waals surface area (Å²) in [4.78, 5) is 14.2. The van der Waals surface area contributed by atoms with Crippen molar-refractivity contribution in [3.63, 3.8) is 0 Å². The molecule has 0 saturated carbocycles. The lowest BCUT2D eigenvalue weighted by molar-refractivity contribution is -0.274. The fraction of sp³-hybridized carbons (Fsp3) is 0.250. The standard InChI is InChI=1S/C20H18F3NO4/c1-11-15(9-13-5-3-4-6-18(13)27-12(2)19(25)26)16-10-14(28-20(21,22)23)7-8-17(16)24-11/h3-8,10,12,24H,9H2,1-2H3,(H,25,26). The number of carboxylic acids is 1. The van der Waals surface area contributed by atoms with E-state index in [1.54, 1.807) is 24.3 Å². The van der Waals surface area contributed by atoms with E-state index in [-0.39, 0.29) is 5.75 Å². The molecule has 1 unspecified atom stereocenters. The number of para-hydroxylation sites is 1. The minimum Gasteiger partial charge on any atom is -0.479 e. The molecule has 0 spiro atoms. The normalized spacial score (nSPS) is 12.8. The first-order valence-corrected chi connectivity index (χ1v) is 8.48. The Kier molecular flexibility index (Phi) is 5.22. The van der Waals surface area contributed by atoms with Crippen molar-refractivity contribution in [1.82, 2.24) is 4.98 Å². The van der Waals surface area contributed by atoms with E-state index < -0.39 is 18.4 Å². The molecule has 2 N–H and O–H groups in total. The summed E-state index contributed by atoms with van der Waals surface area (Å²) in [5.41, 5.74) is 2.97. The van der Waals surface area contributed by atoms with Crippen molar-refractivity contribution in [3.8, 4) is 11.5 Å². The third-order valence-electron chi connectivity index (χ3n) is 4.32. The molecule has 1 atom stereocenters. The van der Waals surface area contributed by atoms with E-state index in [1.807, 2.05) is 6.92 Å². The summed E-state index contributed by atoms with van der Waals surface area (Å²) in [6, 6.07) is 11.1. The third kappa shape index (κ3) is 4.39. The van der Waals surface area contributed by atoms with Crippen LogP contribution in [0.3, 0.4) is 0 Å². The van der Waals surface area contributed by atoms with Crippen LogP contribution in [0.1, 0.15) is 23.7 Å². The van der Waals surface area contributed by atoms with Gasteiger partial charge in [0, 0.05) is 23.0 Å². The highest BCUT2D eigenvalue weighted by atomic mass is 19.4. The molecule has 0 aliphatic carbocycles. The van der Waals surface area contributed by atoms with Crippen LogP contribution in [-0.4, -0.2) is 28.5 Å². The number of hydrogen-bond acceptors (Lipinski definition) is 3. The quantitative estimate of drug-likeness (QED) is 0.630. The topological polar surface area (TPSA) is 71.5 Å². The summed E-state index contributed by atoms with van der Waals surface area (Å²) in [7, 11) is 0. The number of aromatic nitrogens is 1. The monoisotopic (exact) mass is 393 g/mol. The Balaban J connectivity index is 1.97. The zero-order valence-corrected chi connectivity index (χ0v) is 15.1. The highest BCUT2D eigenvalue weighted by molar-refractivity contribution is 5.86. The molecular weight excluding hydrogens is 375 g/mol. The van der Waals surface area contributed by atoms with Crippen molar-refractivity contribution in [2.45, 2.75) is 32.7 Å². The van der Waals surface area contributed by atoms with Crippen LogP contribution >= 0.6 is 0 Å². The number of aryl methyl sites for hydroxylation is 1. The molecule has 0 fully saturated rings. The van der Waals surface area contributed by atoms with Gasteiger partial charge in [-0.05, 0) is 49.2 Å². The second-order valence-electron chi connectivity index (χ2n) is 6.37. The van der Waals surface area contributed by atoms with E-state index in [9.17, 15) is 18.0 Å². The molecule has 28 heavy (non-hydrogen) atoms. The molecule has 2 aromatic carbocycles. The van der Waals surface area contributed by atoms with Crippen LogP contribution in [0, 0.1) is 6.92 Å². The van der Waals surface area contributed by atoms with Crippen molar-refractivity contribution < 1.29 is 32.5 Å². The summed E-state index contributed by atoms with van der Waals surface area (Å²) in [5.74, 6) is -0.981. The molecule has 0 aliphatic rings. The fourth-order valence-electron chi connectivity index (χ4n) is 2.98. The molecule has 8 heteroatoms. The van der Waals surface area contributed by atoms with Crippen LogP contribution in [0.5, 0.6) is 11.5 Å². The van der Waals surface area contributed by atoms with Crippen molar-refractivity contribution in [2.24, 2.45) is 0 Å². The number of fused-ring (bicyclic) bond motifs is 1. The van der Waals surface area contributed by atoms with E-state index in [4.69, 9.17) is 9.84 Å². The maximum atomic E-state index is 12.5. The van der Waals surface area contributed by atoms with Gasteiger partial charge in [-0.25, -0.2) is 4.79 Å². The van der Waals surface area contributed by atoms with E-state index in [1.165, 1.54) is 25.1 Å². The fourth-order valence-corrected chi connectivity index (χ4v) is 2.98. The van der Waals surface area contributed by atoms with Gasteiger partial charge in [-0.1, -0.05) is 18.2 Å². The van der Waals surface area contributed by atoms with Crippen molar-refractivity contribution >= 4 is 16.9 Å². The molecule has 148 valence electrons. The van der Waals surface area contributed by atoms with Crippen LogP contribution in [0.2, 0.25) is 0 Å². The number of aliphatic carboxylic acids is 1. The molecule has 3 rings (SSSR count). The van der Waals surface area contributed by atoms with Gasteiger partial charge < -0.3 is 19.6 Å². The van der Waals surface area contributed by atoms with E-state index >= 15 is 0 Å². The number of aromatic amines is 1. The minimum atomic E-state index is -4.77. The largest absolute Gasteiger partial charge is 0.573 e. The maximum absolute atomic E-state index is 12.5. The number of halogens is 3. The number of carboxylic acid groups (broad SMARTS) is 1. The van der Waals surface area contributed by atoms with Gasteiger partial charge in [0.25, 0.3) is 0 Å². The van der Waals surface area contributed by atoms with Crippen molar-refractivity contribution in [2.75, 3.05) is 0 Å². The predicted octanol–water partition coefficient (Wildman–Crippen LogP) is 4.82. The Morgan fingerprint density at radius 1 is 1.21 bits per heavy atom. The Bertz CT molecular complexity index is 1010. The van der Waals surface area contributed by atoms with Crippen molar-refractivity contribution in [3.05, 3.63) is 59.3 Å². The average molecular weight is 393 g/mol. The Labute approximate surface area is 158 Å². The van der Waals surface area contributed by atoms with Gasteiger partial charge in [0.2, 0.25) is 0 Å². The molecule has 3 aromatic rings. The lowest BCUT2D eigenvalue weighted by atomic mass is 10.0. The second kappa shape index (κ2) is 7.46. The van der Waals surface area contributed by atoms with Crippen LogP contribution in [0.25, 0.3) is 10.9 Å². The third-order valence-corrected chi connectivity index (χ3v) is 4.32. The van der Waals surface area contributed by atoms with Crippen LogP contribution in [-0.2, 0) is 11.2 Å². The predicted molar refractivity (Wildman–Crippen MR) is 96.7 cm³/mol. The molecule has 0 saturated heterocycles. The van der Waals surface area contributed by atoms with Crippen LogP contribution in [0.15, 0.2) is 42.5 Å². The SMILES string of the molecule is Cc1[nH]c2ccc(OC(F)(F)F)cc2c1Cc1ccccc1OC(C)C(=O)O. The summed E-state index contributed by atoms with van der Waals surface area (Å²) in [6.45, 7) is 3.25. The van der Waals surface area contributed by atoms with Crippen LogP contribution < -0.4 is 9.47 Å². The van der Waals surface area contributed by atoms with Gasteiger partial charge in [0.15, 0.2) is 6.10 Å². The smallest absolute Gasteiger partial charge is 0.479 e. The summed E-state index contributed by atoms with van der Waals surface area (Å²) in [5, 5.41) is 9.66. The lowest BCUT2D eigenvalue weighted by Crippen LogP contribution is -2.23. The van der Waals surface area contributed by atoms with Gasteiger partial charge >= 0.3 is 12.3 Å². The Hall–Kier alpha value is -3.16. The highest BCUT2D eigenvalue weighted by Gasteiger charge is 2.31. The molecule has 0 bridgehead atoms. The second-order valence-corrected chi connectivity index (χ2v) is 6.37. The van der Waals surface area contributed by atoms with Gasteiger partial charge in [-0.2, -0.15) is 0 Å². The number of carbonyl (C=O) groups is 1. The maximum Gasteiger partial charge on any atom is 0.573 e. The lowest BCUT2D eigenvalue weighted by Gasteiger charge is -2.14. The Morgan fingerprint density at radius 2 is 1.93 bits per heavy atom. The summed E-state index contributed by atoms with van der Waals surface area (Å²) < 4.78 is 47.2. The number of benzene rings is 2.